The van der Waals surface area contributed by atoms with Crippen LogP contribution in [0.5, 0.6) is 0 Å². The van der Waals surface area contributed by atoms with Gasteiger partial charge in [-0.1, -0.05) is 72.4 Å². The van der Waals surface area contributed by atoms with E-state index < -0.39 is 0 Å². The predicted octanol–water partition coefficient (Wildman–Crippen LogP) is 4.58. The lowest BCUT2D eigenvalue weighted by Gasteiger charge is -2.11. The van der Waals surface area contributed by atoms with Gasteiger partial charge in [0.05, 0.1) is 12.3 Å². The molecule has 1 N–H and O–H groups in total. The molecule has 0 unspecified atom stereocenters. The van der Waals surface area contributed by atoms with Crippen LogP contribution in [0.2, 0.25) is 0 Å². The average Bonchev–Trinajstić information content (AvgIpc) is 3.22. The Morgan fingerprint density at radius 1 is 0.875 bits per heavy atom. The van der Waals surface area contributed by atoms with E-state index >= 15 is 0 Å². The summed E-state index contributed by atoms with van der Waals surface area (Å²) < 4.78 is 15.3. The van der Waals surface area contributed by atoms with E-state index in [1.165, 1.54) is 29.5 Å². The summed E-state index contributed by atoms with van der Waals surface area (Å²) in [6.07, 6.45) is 0.788. The zero-order valence-corrected chi connectivity index (χ0v) is 18.3. The Labute approximate surface area is 190 Å². The average molecular weight is 447 g/mol. The number of rotatable bonds is 9. The van der Waals surface area contributed by atoms with Crippen molar-refractivity contribution in [3.05, 3.63) is 102 Å². The number of halogens is 1. The van der Waals surface area contributed by atoms with Gasteiger partial charge in [0.25, 0.3) is 0 Å². The maximum absolute atomic E-state index is 13.4. The number of carbonyl (C=O) groups excluding carboxylic acids is 1. The number of amides is 1. The van der Waals surface area contributed by atoms with Crippen LogP contribution in [0.3, 0.4) is 0 Å². The van der Waals surface area contributed by atoms with Crippen LogP contribution in [-0.2, 0) is 17.8 Å². The first-order chi connectivity index (χ1) is 15.7. The molecule has 0 saturated heterocycles. The van der Waals surface area contributed by atoms with E-state index in [1.54, 1.807) is 12.1 Å². The third-order valence-corrected chi connectivity index (χ3v) is 5.88. The Morgan fingerprint density at radius 2 is 1.53 bits per heavy atom. The Hall–Kier alpha value is -3.45. The second-order valence-corrected chi connectivity index (χ2v) is 8.20. The highest BCUT2D eigenvalue weighted by Gasteiger charge is 2.16. The molecule has 4 aromatic rings. The van der Waals surface area contributed by atoms with Crippen LogP contribution in [0.1, 0.15) is 11.1 Å². The molecule has 7 heteroatoms. The number of hydrogen-bond donors (Lipinski definition) is 1. The molecule has 0 aliphatic heterocycles. The Morgan fingerprint density at radius 3 is 2.22 bits per heavy atom. The van der Waals surface area contributed by atoms with Crippen molar-refractivity contribution in [2.24, 2.45) is 0 Å². The molecule has 1 aromatic heterocycles. The molecule has 162 valence electrons. The topological polar surface area (TPSA) is 59.8 Å². The molecule has 0 aliphatic rings. The maximum atomic E-state index is 13.4. The molecule has 1 amide bonds. The van der Waals surface area contributed by atoms with Crippen LogP contribution >= 0.6 is 11.8 Å². The van der Waals surface area contributed by atoms with Gasteiger partial charge in [0.15, 0.2) is 11.0 Å². The molecule has 4 rings (SSSR count). The number of nitrogens with one attached hydrogen (secondary N) is 1. The second-order valence-electron chi connectivity index (χ2n) is 7.26. The van der Waals surface area contributed by atoms with Crippen molar-refractivity contribution in [2.75, 3.05) is 12.3 Å². The second kappa shape index (κ2) is 10.7. The minimum atomic E-state index is -0.301. The van der Waals surface area contributed by atoms with Crippen LogP contribution in [0.15, 0.2) is 90.1 Å². The number of aromatic nitrogens is 3. The van der Waals surface area contributed by atoms with Gasteiger partial charge < -0.3 is 5.32 Å². The third-order valence-electron chi connectivity index (χ3n) is 4.91. The highest BCUT2D eigenvalue weighted by Crippen LogP contribution is 2.25. The van der Waals surface area contributed by atoms with E-state index in [2.05, 4.69) is 15.5 Å². The van der Waals surface area contributed by atoms with Gasteiger partial charge >= 0.3 is 0 Å². The minimum Gasteiger partial charge on any atom is -0.355 e. The highest BCUT2D eigenvalue weighted by atomic mass is 32.2. The van der Waals surface area contributed by atoms with Crippen molar-refractivity contribution in [1.82, 2.24) is 20.1 Å². The summed E-state index contributed by atoms with van der Waals surface area (Å²) in [5, 5.41) is 12.2. The van der Waals surface area contributed by atoms with Crippen LogP contribution in [0.25, 0.3) is 11.4 Å². The zero-order chi connectivity index (χ0) is 22.2. The van der Waals surface area contributed by atoms with Crippen LogP contribution in [-0.4, -0.2) is 33.0 Å². The molecule has 5 nitrogen and oxygen atoms in total. The number of thioether (sulfide) groups is 1. The molecule has 3 aromatic carbocycles. The fourth-order valence-corrected chi connectivity index (χ4v) is 4.06. The Kier molecular flexibility index (Phi) is 7.30. The van der Waals surface area contributed by atoms with Gasteiger partial charge in [0.1, 0.15) is 5.82 Å². The minimum absolute atomic E-state index is 0.0523. The first kappa shape index (κ1) is 21.8. The first-order valence-corrected chi connectivity index (χ1v) is 11.3. The number of benzene rings is 3. The lowest BCUT2D eigenvalue weighted by molar-refractivity contribution is -0.118. The molecular weight excluding hydrogens is 423 g/mol. The van der Waals surface area contributed by atoms with Crippen molar-refractivity contribution in [3.63, 3.8) is 0 Å². The fourth-order valence-electron chi connectivity index (χ4n) is 3.29. The van der Waals surface area contributed by atoms with Crippen LogP contribution in [0, 0.1) is 5.82 Å². The van der Waals surface area contributed by atoms with E-state index in [1.807, 2.05) is 65.2 Å². The molecule has 0 aliphatic carbocycles. The summed E-state index contributed by atoms with van der Waals surface area (Å²) >= 11 is 1.34. The van der Waals surface area contributed by atoms with Gasteiger partial charge in [-0.3, -0.25) is 9.36 Å². The molecule has 0 spiro atoms. The molecule has 32 heavy (non-hydrogen) atoms. The Balaban J connectivity index is 1.44. The molecular formula is C25H23FN4OS. The molecule has 1 heterocycles. The van der Waals surface area contributed by atoms with E-state index in [9.17, 15) is 9.18 Å². The van der Waals surface area contributed by atoms with Gasteiger partial charge in [0.2, 0.25) is 5.91 Å². The molecule has 0 atom stereocenters. The molecule has 0 bridgehead atoms. The summed E-state index contributed by atoms with van der Waals surface area (Å²) in [6.45, 7) is 1.14. The summed E-state index contributed by atoms with van der Waals surface area (Å²) in [6, 6.07) is 26.2. The smallest absolute Gasteiger partial charge is 0.230 e. The fraction of sp³-hybridized carbons (Fsp3) is 0.160. The van der Waals surface area contributed by atoms with Crippen molar-refractivity contribution >= 4 is 17.7 Å². The van der Waals surface area contributed by atoms with E-state index in [-0.39, 0.29) is 17.5 Å². The SMILES string of the molecule is O=C(CSc1nnc(-c2ccc(F)cc2)n1Cc1ccccc1)NCCc1ccccc1. The van der Waals surface area contributed by atoms with E-state index in [0.29, 0.717) is 24.1 Å². The standard InChI is InChI=1S/C25H23FN4OS/c26-22-13-11-21(12-14-22)24-28-29-25(30(24)17-20-9-5-2-6-10-20)32-18-23(31)27-16-15-19-7-3-1-4-8-19/h1-14H,15-18H2,(H,27,31). The van der Waals surface area contributed by atoms with E-state index in [4.69, 9.17) is 0 Å². The highest BCUT2D eigenvalue weighted by molar-refractivity contribution is 7.99. The third kappa shape index (κ3) is 5.82. The predicted molar refractivity (Wildman–Crippen MR) is 125 cm³/mol. The van der Waals surface area contributed by atoms with E-state index in [0.717, 1.165) is 17.5 Å². The largest absolute Gasteiger partial charge is 0.355 e. The quantitative estimate of drug-likeness (QED) is 0.382. The number of hydrogen-bond acceptors (Lipinski definition) is 4. The maximum Gasteiger partial charge on any atom is 0.230 e. The normalized spacial score (nSPS) is 10.8. The lowest BCUT2D eigenvalue weighted by atomic mass is 10.1. The van der Waals surface area contributed by atoms with Gasteiger partial charge in [-0.25, -0.2) is 4.39 Å². The van der Waals surface area contributed by atoms with Crippen LogP contribution in [0.4, 0.5) is 4.39 Å². The molecule has 0 saturated carbocycles. The molecule has 0 fully saturated rings. The van der Waals surface area contributed by atoms with Crippen molar-refractivity contribution in [2.45, 2.75) is 18.1 Å². The van der Waals surface area contributed by atoms with Crippen molar-refractivity contribution in [3.8, 4) is 11.4 Å². The summed E-state index contributed by atoms with van der Waals surface area (Å²) in [5.41, 5.74) is 3.05. The van der Waals surface area contributed by atoms with Crippen molar-refractivity contribution < 1.29 is 9.18 Å². The van der Waals surface area contributed by atoms with Gasteiger partial charge in [0, 0.05) is 12.1 Å². The first-order valence-electron chi connectivity index (χ1n) is 10.4. The summed E-state index contributed by atoms with van der Waals surface area (Å²) in [5.74, 6) is 0.527. The van der Waals surface area contributed by atoms with Gasteiger partial charge in [-0.05, 0) is 41.8 Å². The lowest BCUT2D eigenvalue weighted by Crippen LogP contribution is -2.27. The summed E-state index contributed by atoms with van der Waals surface area (Å²) in [7, 11) is 0. The van der Waals surface area contributed by atoms with Crippen molar-refractivity contribution in [1.29, 1.82) is 0 Å². The molecule has 0 radical (unpaired) electrons. The van der Waals surface area contributed by atoms with Gasteiger partial charge in [-0.15, -0.1) is 10.2 Å². The number of carbonyl (C=O) groups is 1. The van der Waals surface area contributed by atoms with Gasteiger partial charge in [-0.2, -0.15) is 0 Å². The van der Waals surface area contributed by atoms with Crippen LogP contribution < -0.4 is 5.32 Å². The Bertz CT molecular complexity index is 1150. The number of nitrogens with zero attached hydrogens (tertiary/aromatic N) is 3. The summed E-state index contributed by atoms with van der Waals surface area (Å²) in [4.78, 5) is 12.4. The monoisotopic (exact) mass is 446 g/mol. The zero-order valence-electron chi connectivity index (χ0n) is 17.4.